The number of halogens is 2. The minimum atomic E-state index is -0.223. The Hall–Kier alpha value is -0.900. The van der Waals surface area contributed by atoms with E-state index in [-0.39, 0.29) is 5.82 Å². The zero-order chi connectivity index (χ0) is 11.5. The van der Waals surface area contributed by atoms with E-state index in [4.69, 9.17) is 11.6 Å². The molecule has 0 aliphatic rings. The van der Waals surface area contributed by atoms with Crippen LogP contribution in [0.25, 0.3) is 10.4 Å². The van der Waals surface area contributed by atoms with E-state index in [0.29, 0.717) is 6.54 Å². The maximum absolute atomic E-state index is 13.2. The summed E-state index contributed by atoms with van der Waals surface area (Å²) in [5.74, 6) is -0.223. The fraction of sp³-hybridized carbons (Fsp3) is 0.167. The van der Waals surface area contributed by atoms with Crippen LogP contribution >= 0.6 is 22.9 Å². The van der Waals surface area contributed by atoms with Crippen molar-refractivity contribution < 1.29 is 4.39 Å². The minimum absolute atomic E-state index is 0.223. The van der Waals surface area contributed by atoms with Gasteiger partial charge in [-0.05, 0) is 42.4 Å². The van der Waals surface area contributed by atoms with Gasteiger partial charge in [0.2, 0.25) is 0 Å². The summed E-state index contributed by atoms with van der Waals surface area (Å²) in [4.78, 5) is 0.995. The third kappa shape index (κ3) is 2.43. The number of rotatable bonds is 3. The van der Waals surface area contributed by atoms with Crippen LogP contribution in [0.2, 0.25) is 4.34 Å². The fourth-order valence-corrected chi connectivity index (χ4v) is 2.68. The van der Waals surface area contributed by atoms with Crippen molar-refractivity contribution in [1.29, 1.82) is 0 Å². The second kappa shape index (κ2) is 4.95. The molecule has 1 heterocycles. The molecule has 0 unspecified atom stereocenters. The molecule has 0 aliphatic heterocycles. The maximum Gasteiger partial charge on any atom is 0.123 e. The Balaban J connectivity index is 2.48. The molecule has 1 nitrogen and oxygen atoms in total. The quantitative estimate of drug-likeness (QED) is 0.876. The van der Waals surface area contributed by atoms with Crippen molar-refractivity contribution in [3.8, 4) is 10.4 Å². The van der Waals surface area contributed by atoms with E-state index in [1.807, 2.05) is 19.2 Å². The first-order chi connectivity index (χ1) is 7.70. The molecule has 16 heavy (non-hydrogen) atoms. The normalized spacial score (nSPS) is 10.7. The van der Waals surface area contributed by atoms with Crippen molar-refractivity contribution in [3.05, 3.63) is 46.0 Å². The molecule has 1 N–H and O–H groups in total. The van der Waals surface area contributed by atoms with Crippen LogP contribution in [0.15, 0.2) is 30.3 Å². The predicted octanol–water partition coefficient (Wildman–Crippen LogP) is 3.93. The van der Waals surface area contributed by atoms with Gasteiger partial charge in [0, 0.05) is 11.4 Å². The molecule has 4 heteroatoms. The average molecular weight is 256 g/mol. The summed E-state index contributed by atoms with van der Waals surface area (Å²) < 4.78 is 13.9. The van der Waals surface area contributed by atoms with Gasteiger partial charge in [0.15, 0.2) is 0 Å². The van der Waals surface area contributed by atoms with Crippen molar-refractivity contribution in [2.75, 3.05) is 7.05 Å². The smallest absolute Gasteiger partial charge is 0.123 e. The highest BCUT2D eigenvalue weighted by molar-refractivity contribution is 7.19. The lowest BCUT2D eigenvalue weighted by Crippen LogP contribution is -2.06. The molecular weight excluding hydrogens is 245 g/mol. The predicted molar refractivity (Wildman–Crippen MR) is 67.5 cm³/mol. The van der Waals surface area contributed by atoms with E-state index < -0.39 is 0 Å². The van der Waals surface area contributed by atoms with E-state index in [1.165, 1.54) is 17.4 Å². The number of nitrogens with one attached hydrogen (secondary N) is 1. The molecule has 1 aromatic heterocycles. The van der Waals surface area contributed by atoms with Crippen LogP contribution in [0, 0.1) is 5.82 Å². The van der Waals surface area contributed by atoms with E-state index in [0.717, 1.165) is 20.3 Å². The van der Waals surface area contributed by atoms with Gasteiger partial charge in [-0.25, -0.2) is 4.39 Å². The standard InChI is InChI=1S/C12H11ClFNS/c1-15-7-8-2-3-9(14)6-10(8)11-4-5-12(13)16-11/h2-6,15H,7H2,1H3. The molecule has 0 spiro atoms. The Morgan fingerprint density at radius 3 is 2.75 bits per heavy atom. The summed E-state index contributed by atoms with van der Waals surface area (Å²) in [6, 6.07) is 8.57. The summed E-state index contributed by atoms with van der Waals surface area (Å²) in [5.41, 5.74) is 1.98. The van der Waals surface area contributed by atoms with Gasteiger partial charge in [-0.3, -0.25) is 0 Å². The Labute approximate surface area is 103 Å². The van der Waals surface area contributed by atoms with Gasteiger partial charge < -0.3 is 5.32 Å². The van der Waals surface area contributed by atoms with Crippen LogP contribution in [0.3, 0.4) is 0 Å². The Morgan fingerprint density at radius 2 is 2.12 bits per heavy atom. The third-order valence-corrected chi connectivity index (χ3v) is 3.54. The highest BCUT2D eigenvalue weighted by atomic mass is 35.5. The van der Waals surface area contributed by atoms with Gasteiger partial charge in [0.1, 0.15) is 5.82 Å². The summed E-state index contributed by atoms with van der Waals surface area (Å²) in [5, 5.41) is 3.07. The van der Waals surface area contributed by atoms with Gasteiger partial charge in [-0.15, -0.1) is 11.3 Å². The van der Waals surface area contributed by atoms with Crippen molar-refractivity contribution in [2.24, 2.45) is 0 Å². The highest BCUT2D eigenvalue weighted by Gasteiger charge is 2.08. The lowest BCUT2D eigenvalue weighted by molar-refractivity contribution is 0.627. The first-order valence-electron chi connectivity index (χ1n) is 4.89. The number of hydrogen-bond acceptors (Lipinski definition) is 2. The van der Waals surface area contributed by atoms with Crippen LogP contribution in [0.5, 0.6) is 0 Å². The lowest BCUT2D eigenvalue weighted by Gasteiger charge is -2.07. The van der Waals surface area contributed by atoms with Gasteiger partial charge >= 0.3 is 0 Å². The molecule has 2 aromatic rings. The fourth-order valence-electron chi connectivity index (χ4n) is 1.58. The Bertz CT molecular complexity index is 496. The average Bonchev–Trinajstić information content (AvgIpc) is 2.68. The Morgan fingerprint density at radius 1 is 1.31 bits per heavy atom. The lowest BCUT2D eigenvalue weighted by atomic mass is 10.1. The van der Waals surface area contributed by atoms with Gasteiger partial charge in [0.25, 0.3) is 0 Å². The molecule has 0 amide bonds. The number of benzene rings is 1. The second-order valence-corrected chi connectivity index (χ2v) is 5.15. The van der Waals surface area contributed by atoms with Crippen molar-refractivity contribution in [2.45, 2.75) is 6.54 Å². The Kier molecular flexibility index (Phi) is 3.59. The summed E-state index contributed by atoms with van der Waals surface area (Å²) in [7, 11) is 1.87. The van der Waals surface area contributed by atoms with E-state index in [9.17, 15) is 4.39 Å². The van der Waals surface area contributed by atoms with Crippen LogP contribution < -0.4 is 5.32 Å². The van der Waals surface area contributed by atoms with E-state index >= 15 is 0 Å². The van der Waals surface area contributed by atoms with Crippen LogP contribution in [-0.2, 0) is 6.54 Å². The first-order valence-corrected chi connectivity index (χ1v) is 6.09. The third-order valence-electron chi connectivity index (χ3n) is 2.28. The molecule has 0 saturated carbocycles. The molecule has 0 aliphatic carbocycles. The molecule has 0 saturated heterocycles. The van der Waals surface area contributed by atoms with Crippen LogP contribution in [0.1, 0.15) is 5.56 Å². The molecule has 84 valence electrons. The topological polar surface area (TPSA) is 12.0 Å². The number of hydrogen-bond donors (Lipinski definition) is 1. The molecule has 0 fully saturated rings. The largest absolute Gasteiger partial charge is 0.316 e. The molecule has 1 aromatic carbocycles. The van der Waals surface area contributed by atoms with Gasteiger partial charge in [0.05, 0.1) is 4.34 Å². The number of thiophene rings is 1. The van der Waals surface area contributed by atoms with Crippen molar-refractivity contribution in [1.82, 2.24) is 5.32 Å². The molecule has 0 radical (unpaired) electrons. The zero-order valence-corrected chi connectivity index (χ0v) is 10.3. The van der Waals surface area contributed by atoms with Crippen LogP contribution in [-0.4, -0.2) is 7.05 Å². The van der Waals surface area contributed by atoms with Gasteiger partial charge in [-0.1, -0.05) is 17.7 Å². The molecule has 0 bridgehead atoms. The SMILES string of the molecule is CNCc1ccc(F)cc1-c1ccc(Cl)s1. The summed E-state index contributed by atoms with van der Waals surface area (Å²) >= 11 is 7.35. The van der Waals surface area contributed by atoms with E-state index in [1.54, 1.807) is 12.1 Å². The zero-order valence-electron chi connectivity index (χ0n) is 8.76. The highest BCUT2D eigenvalue weighted by Crippen LogP contribution is 2.33. The summed E-state index contributed by atoms with van der Waals surface area (Å²) in [6.07, 6.45) is 0. The maximum atomic E-state index is 13.2. The molecule has 0 atom stereocenters. The van der Waals surface area contributed by atoms with Crippen LogP contribution in [0.4, 0.5) is 4.39 Å². The molecule has 2 rings (SSSR count). The minimum Gasteiger partial charge on any atom is -0.316 e. The first kappa shape index (κ1) is 11.6. The molecular formula is C12H11ClFNS. The van der Waals surface area contributed by atoms with E-state index in [2.05, 4.69) is 5.32 Å². The monoisotopic (exact) mass is 255 g/mol. The van der Waals surface area contributed by atoms with Crippen molar-refractivity contribution in [3.63, 3.8) is 0 Å². The second-order valence-electron chi connectivity index (χ2n) is 3.44. The van der Waals surface area contributed by atoms with Crippen molar-refractivity contribution >= 4 is 22.9 Å². The summed E-state index contributed by atoms with van der Waals surface area (Å²) in [6.45, 7) is 0.713. The van der Waals surface area contributed by atoms with Gasteiger partial charge in [-0.2, -0.15) is 0 Å².